The summed E-state index contributed by atoms with van der Waals surface area (Å²) >= 11 is 0. The summed E-state index contributed by atoms with van der Waals surface area (Å²) in [5.74, 6) is -3.51. The lowest BCUT2D eigenvalue weighted by Crippen LogP contribution is -2.56. The summed E-state index contributed by atoms with van der Waals surface area (Å²) in [6.07, 6.45) is 0.217. The highest BCUT2D eigenvalue weighted by Gasteiger charge is 2.58. The van der Waals surface area contributed by atoms with E-state index in [1.165, 1.54) is 0 Å². The van der Waals surface area contributed by atoms with Gasteiger partial charge in [-0.2, -0.15) is 0 Å². The number of carboxylic acid groups (broad SMARTS) is 2. The molecule has 0 saturated carbocycles. The summed E-state index contributed by atoms with van der Waals surface area (Å²) in [5, 5.41) is 19.2. The van der Waals surface area contributed by atoms with E-state index in [0.717, 1.165) is 0 Å². The molecule has 130 valence electrons. The Bertz CT molecular complexity index is 342. The van der Waals surface area contributed by atoms with Crippen LogP contribution in [0.1, 0.15) is 41.0 Å². The predicted molar refractivity (Wildman–Crippen MR) is 82.6 cm³/mol. The van der Waals surface area contributed by atoms with Crippen molar-refractivity contribution >= 4 is 20.7 Å². The Morgan fingerprint density at radius 1 is 0.909 bits per heavy atom. The van der Waals surface area contributed by atoms with Gasteiger partial charge in [0.1, 0.15) is 5.54 Å². The van der Waals surface area contributed by atoms with E-state index in [0.29, 0.717) is 0 Å². The molecule has 0 aromatic carbocycles. The van der Waals surface area contributed by atoms with Crippen molar-refractivity contribution in [1.82, 2.24) is 0 Å². The van der Waals surface area contributed by atoms with Crippen molar-refractivity contribution < 1.29 is 33.1 Å². The molecule has 0 spiro atoms. The molecule has 2 unspecified atom stereocenters. The van der Waals surface area contributed by atoms with Crippen LogP contribution in [0, 0.1) is 11.8 Å². The third-order valence-corrected chi connectivity index (χ3v) is 6.61. The van der Waals surface area contributed by atoms with Crippen LogP contribution in [0.5, 0.6) is 0 Å². The van der Waals surface area contributed by atoms with Crippen molar-refractivity contribution in [2.75, 3.05) is 19.8 Å². The van der Waals surface area contributed by atoms with E-state index in [2.05, 4.69) is 0 Å². The predicted octanol–water partition coefficient (Wildman–Crippen LogP) is 2.24. The van der Waals surface area contributed by atoms with E-state index < -0.39 is 32.2 Å². The second-order valence-electron chi connectivity index (χ2n) is 5.29. The van der Waals surface area contributed by atoms with Crippen LogP contribution in [0.2, 0.25) is 5.54 Å². The molecular weight excluding hydrogens is 308 g/mol. The molecular formula is C14H28O7Si. The third kappa shape index (κ3) is 5.67. The van der Waals surface area contributed by atoms with Gasteiger partial charge in [-0.3, -0.25) is 9.59 Å². The van der Waals surface area contributed by atoms with Crippen LogP contribution in [0.3, 0.4) is 0 Å². The summed E-state index contributed by atoms with van der Waals surface area (Å²) in [7, 11) is -3.66. The Morgan fingerprint density at radius 2 is 1.32 bits per heavy atom. The molecule has 2 atom stereocenters. The molecule has 0 rings (SSSR count). The molecule has 0 aliphatic heterocycles. The molecule has 0 aliphatic carbocycles. The van der Waals surface area contributed by atoms with Gasteiger partial charge in [-0.05, 0) is 33.1 Å². The van der Waals surface area contributed by atoms with Gasteiger partial charge in [0, 0.05) is 19.8 Å². The summed E-state index contributed by atoms with van der Waals surface area (Å²) < 4.78 is 16.8. The number of aliphatic carboxylic acids is 2. The van der Waals surface area contributed by atoms with Gasteiger partial charge in [0.25, 0.3) is 0 Å². The lowest BCUT2D eigenvalue weighted by atomic mass is 9.94. The summed E-state index contributed by atoms with van der Waals surface area (Å²) in [5.41, 5.74) is -1.33. The molecule has 0 aromatic rings. The highest BCUT2D eigenvalue weighted by Crippen LogP contribution is 2.37. The minimum atomic E-state index is -3.66. The Balaban J connectivity index is 5.86. The first-order valence-corrected chi connectivity index (χ1v) is 9.43. The van der Waals surface area contributed by atoms with Crippen LogP contribution in [-0.2, 0) is 22.9 Å². The van der Waals surface area contributed by atoms with E-state index in [1.54, 1.807) is 20.8 Å². The Kier molecular flexibility index (Phi) is 9.50. The smallest absolute Gasteiger partial charge is 0.481 e. The van der Waals surface area contributed by atoms with Crippen LogP contribution >= 0.6 is 0 Å². The van der Waals surface area contributed by atoms with E-state index in [-0.39, 0.29) is 32.2 Å². The quantitative estimate of drug-likeness (QED) is 0.527. The molecule has 0 saturated heterocycles. The van der Waals surface area contributed by atoms with E-state index in [9.17, 15) is 19.8 Å². The maximum atomic E-state index is 11.8. The zero-order valence-corrected chi connectivity index (χ0v) is 15.0. The standard InChI is InChI=1S/C14H28O7Si/c1-6-19-22(20-7-2,21-8-3)12(14(17)18)11(13(15)16)9-10(4)5/h10-12H,6-9H2,1-5H3,(H,15,16)(H,17,18). The minimum absolute atomic E-state index is 0.0273. The summed E-state index contributed by atoms with van der Waals surface area (Å²) in [4.78, 5) is 23.5. The van der Waals surface area contributed by atoms with Crippen molar-refractivity contribution in [2.24, 2.45) is 11.8 Å². The van der Waals surface area contributed by atoms with E-state index in [4.69, 9.17) is 13.3 Å². The number of carboxylic acids is 2. The van der Waals surface area contributed by atoms with Gasteiger partial charge in [-0.25, -0.2) is 0 Å². The lowest BCUT2D eigenvalue weighted by Gasteiger charge is -2.36. The second kappa shape index (κ2) is 9.93. The molecule has 0 amide bonds. The average Bonchev–Trinajstić information content (AvgIpc) is 2.37. The van der Waals surface area contributed by atoms with Crippen LogP contribution in [0.15, 0.2) is 0 Å². The van der Waals surface area contributed by atoms with Crippen LogP contribution in [0.25, 0.3) is 0 Å². The largest absolute Gasteiger partial charge is 0.516 e. The fourth-order valence-corrected chi connectivity index (χ4v) is 5.52. The number of rotatable bonds is 12. The maximum Gasteiger partial charge on any atom is 0.516 e. The third-order valence-electron chi connectivity index (χ3n) is 3.13. The van der Waals surface area contributed by atoms with Crippen LogP contribution in [-0.4, -0.2) is 50.8 Å². The monoisotopic (exact) mass is 336 g/mol. The molecule has 0 heterocycles. The highest BCUT2D eigenvalue weighted by molar-refractivity contribution is 6.66. The van der Waals surface area contributed by atoms with Crippen molar-refractivity contribution in [3.8, 4) is 0 Å². The zero-order valence-electron chi connectivity index (χ0n) is 14.0. The SMILES string of the molecule is CCO[Si](OCC)(OCC)C(C(=O)O)C(CC(C)C)C(=O)O. The van der Waals surface area contributed by atoms with Crippen molar-refractivity contribution in [2.45, 2.75) is 46.6 Å². The van der Waals surface area contributed by atoms with Gasteiger partial charge in [-0.1, -0.05) is 13.8 Å². The van der Waals surface area contributed by atoms with Crippen molar-refractivity contribution in [3.05, 3.63) is 0 Å². The average molecular weight is 336 g/mol. The van der Waals surface area contributed by atoms with E-state index in [1.807, 2.05) is 13.8 Å². The fraction of sp³-hybridized carbons (Fsp3) is 0.857. The van der Waals surface area contributed by atoms with Crippen LogP contribution < -0.4 is 0 Å². The van der Waals surface area contributed by atoms with Gasteiger partial charge in [0.2, 0.25) is 0 Å². The molecule has 0 radical (unpaired) electrons. The topological polar surface area (TPSA) is 102 Å². The first-order valence-electron chi connectivity index (χ1n) is 7.63. The highest BCUT2D eigenvalue weighted by atomic mass is 28.4. The lowest BCUT2D eigenvalue weighted by molar-refractivity contribution is -0.151. The zero-order chi connectivity index (χ0) is 17.3. The molecule has 22 heavy (non-hydrogen) atoms. The number of hydrogen-bond acceptors (Lipinski definition) is 5. The normalized spacial score (nSPS) is 14.8. The molecule has 0 bridgehead atoms. The summed E-state index contributed by atoms with van der Waals surface area (Å²) in [6.45, 7) is 9.41. The van der Waals surface area contributed by atoms with Gasteiger partial charge in [-0.15, -0.1) is 0 Å². The molecule has 0 aromatic heterocycles. The first kappa shape index (κ1) is 21.0. The van der Waals surface area contributed by atoms with Gasteiger partial charge >= 0.3 is 20.7 Å². The molecule has 0 aliphatic rings. The van der Waals surface area contributed by atoms with Crippen LogP contribution in [0.4, 0.5) is 0 Å². The van der Waals surface area contributed by atoms with E-state index >= 15 is 0 Å². The number of carbonyl (C=O) groups is 2. The molecule has 7 nitrogen and oxygen atoms in total. The van der Waals surface area contributed by atoms with Gasteiger partial charge in [0.15, 0.2) is 0 Å². The Morgan fingerprint density at radius 3 is 1.55 bits per heavy atom. The molecule has 2 N–H and O–H groups in total. The second-order valence-corrected chi connectivity index (χ2v) is 7.99. The van der Waals surface area contributed by atoms with Crippen molar-refractivity contribution in [3.63, 3.8) is 0 Å². The van der Waals surface area contributed by atoms with Crippen molar-refractivity contribution in [1.29, 1.82) is 0 Å². The minimum Gasteiger partial charge on any atom is -0.481 e. The molecule has 0 fully saturated rings. The fourth-order valence-electron chi connectivity index (χ4n) is 2.45. The summed E-state index contributed by atoms with van der Waals surface area (Å²) in [6, 6.07) is 0. The van der Waals surface area contributed by atoms with Gasteiger partial charge in [0.05, 0.1) is 5.92 Å². The molecule has 8 heteroatoms. The maximum absolute atomic E-state index is 11.8. The Hall–Kier alpha value is -0.963. The van der Waals surface area contributed by atoms with Gasteiger partial charge < -0.3 is 23.5 Å². The Labute approximate surface area is 132 Å². The first-order chi connectivity index (χ1) is 10.3. The number of hydrogen-bond donors (Lipinski definition) is 2.